The Balaban J connectivity index is 2.89. The van der Waals surface area contributed by atoms with Crippen LogP contribution in [-0.4, -0.2) is 65.0 Å². The molecule has 3 amide bonds. The molecule has 0 aromatic heterocycles. The van der Waals surface area contributed by atoms with Crippen molar-refractivity contribution in [1.29, 1.82) is 5.26 Å². The van der Waals surface area contributed by atoms with Crippen molar-refractivity contribution < 1.29 is 19.5 Å². The molecule has 8 nitrogen and oxygen atoms in total. The zero-order valence-corrected chi connectivity index (χ0v) is 12.2. The number of nitriles is 1. The van der Waals surface area contributed by atoms with Crippen molar-refractivity contribution in [2.45, 2.75) is 26.3 Å². The van der Waals surface area contributed by atoms with Gasteiger partial charge in [0.25, 0.3) is 0 Å². The van der Waals surface area contributed by atoms with Crippen molar-refractivity contribution in [3.05, 3.63) is 0 Å². The van der Waals surface area contributed by atoms with Gasteiger partial charge in [-0.25, -0.2) is 9.59 Å². The summed E-state index contributed by atoms with van der Waals surface area (Å²) in [5.74, 6) is -1.37. The Morgan fingerprint density at radius 2 is 2.24 bits per heavy atom. The Labute approximate surface area is 123 Å². The summed E-state index contributed by atoms with van der Waals surface area (Å²) in [5.41, 5.74) is 0. The maximum Gasteiger partial charge on any atom is 0.328 e. The fourth-order valence-electron chi connectivity index (χ4n) is 2.14. The quantitative estimate of drug-likeness (QED) is 0.733. The van der Waals surface area contributed by atoms with E-state index >= 15 is 0 Å². The summed E-state index contributed by atoms with van der Waals surface area (Å²) in [6, 6.07) is 0.374. The first-order chi connectivity index (χ1) is 9.86. The van der Waals surface area contributed by atoms with Gasteiger partial charge in [-0.05, 0) is 5.92 Å². The molecule has 21 heavy (non-hydrogen) atoms. The molecule has 1 fully saturated rings. The second-order valence-electron chi connectivity index (χ2n) is 5.32. The van der Waals surface area contributed by atoms with E-state index in [1.165, 1.54) is 4.90 Å². The Morgan fingerprint density at radius 3 is 2.76 bits per heavy atom. The van der Waals surface area contributed by atoms with Gasteiger partial charge >= 0.3 is 12.0 Å². The maximum absolute atomic E-state index is 12.5. The Morgan fingerprint density at radius 1 is 1.57 bits per heavy atom. The molecule has 1 heterocycles. The van der Waals surface area contributed by atoms with Crippen LogP contribution in [0.4, 0.5) is 4.79 Å². The van der Waals surface area contributed by atoms with Crippen LogP contribution in [-0.2, 0) is 9.59 Å². The molecule has 1 aliphatic heterocycles. The maximum atomic E-state index is 12.5. The van der Waals surface area contributed by atoms with Gasteiger partial charge in [-0.15, -0.1) is 0 Å². The van der Waals surface area contributed by atoms with Gasteiger partial charge < -0.3 is 15.3 Å². The van der Waals surface area contributed by atoms with E-state index < -0.39 is 18.0 Å². The second kappa shape index (κ2) is 7.47. The molecule has 1 atom stereocenters. The summed E-state index contributed by atoms with van der Waals surface area (Å²) < 4.78 is 0. The molecular formula is C13H20N4O4. The lowest BCUT2D eigenvalue weighted by Gasteiger charge is -2.37. The van der Waals surface area contributed by atoms with Crippen molar-refractivity contribution in [3.63, 3.8) is 0 Å². The molecule has 0 aromatic carbocycles. The van der Waals surface area contributed by atoms with Gasteiger partial charge in [0.05, 0.1) is 12.5 Å². The van der Waals surface area contributed by atoms with Crippen LogP contribution in [0.3, 0.4) is 0 Å². The lowest BCUT2D eigenvalue weighted by molar-refractivity contribution is -0.144. The lowest BCUT2D eigenvalue weighted by atomic mass is 10.1. The van der Waals surface area contributed by atoms with Crippen molar-refractivity contribution >= 4 is 17.9 Å². The molecule has 1 rings (SSSR count). The molecule has 0 bridgehead atoms. The highest BCUT2D eigenvalue weighted by Gasteiger charge is 2.37. The van der Waals surface area contributed by atoms with Crippen LogP contribution in [0.5, 0.6) is 0 Å². The van der Waals surface area contributed by atoms with E-state index in [2.05, 4.69) is 5.32 Å². The molecule has 1 saturated heterocycles. The van der Waals surface area contributed by atoms with Crippen molar-refractivity contribution in [3.8, 4) is 6.07 Å². The number of amides is 3. The first kappa shape index (κ1) is 16.8. The van der Waals surface area contributed by atoms with Gasteiger partial charge in [0, 0.05) is 19.6 Å². The number of nitrogens with zero attached hydrogens (tertiary/aromatic N) is 3. The van der Waals surface area contributed by atoms with E-state index in [0.717, 1.165) is 4.90 Å². The minimum atomic E-state index is -1.16. The van der Waals surface area contributed by atoms with Crippen molar-refractivity contribution in [2.24, 2.45) is 5.92 Å². The van der Waals surface area contributed by atoms with Crippen LogP contribution in [0.25, 0.3) is 0 Å². The Bertz CT molecular complexity index is 458. The predicted molar refractivity (Wildman–Crippen MR) is 73.2 cm³/mol. The molecule has 8 heteroatoms. The minimum absolute atomic E-state index is 0.103. The van der Waals surface area contributed by atoms with E-state index in [4.69, 9.17) is 10.4 Å². The average molecular weight is 296 g/mol. The molecule has 0 aromatic rings. The lowest BCUT2D eigenvalue weighted by Crippen LogP contribution is -2.62. The highest BCUT2D eigenvalue weighted by molar-refractivity contribution is 5.90. The molecule has 1 unspecified atom stereocenters. The van der Waals surface area contributed by atoms with Crippen LogP contribution < -0.4 is 5.32 Å². The summed E-state index contributed by atoms with van der Waals surface area (Å²) in [4.78, 5) is 37.6. The van der Waals surface area contributed by atoms with E-state index in [-0.39, 0.29) is 37.9 Å². The van der Waals surface area contributed by atoms with Crippen LogP contribution in [0.2, 0.25) is 0 Å². The summed E-state index contributed by atoms with van der Waals surface area (Å²) in [6.45, 7) is 4.09. The number of rotatable bonds is 5. The van der Waals surface area contributed by atoms with Crippen molar-refractivity contribution in [2.75, 3.05) is 26.2 Å². The summed E-state index contributed by atoms with van der Waals surface area (Å²) in [7, 11) is 0. The monoisotopic (exact) mass is 296 g/mol. The number of hydrogen-bond donors (Lipinski definition) is 2. The van der Waals surface area contributed by atoms with E-state index in [1.807, 2.05) is 19.9 Å². The predicted octanol–water partition coefficient (Wildman–Crippen LogP) is -0.137. The number of nitrogens with one attached hydrogen (secondary N) is 1. The van der Waals surface area contributed by atoms with Gasteiger partial charge in [-0.1, -0.05) is 13.8 Å². The third kappa shape index (κ3) is 4.63. The average Bonchev–Trinajstić information content (AvgIpc) is 2.41. The number of urea groups is 1. The number of hydrogen-bond acceptors (Lipinski definition) is 4. The number of aliphatic carboxylic acids is 1. The van der Waals surface area contributed by atoms with E-state index in [9.17, 15) is 14.4 Å². The smallest absolute Gasteiger partial charge is 0.328 e. The molecule has 0 radical (unpaired) electrons. The van der Waals surface area contributed by atoms with Crippen LogP contribution >= 0.6 is 0 Å². The van der Waals surface area contributed by atoms with Crippen molar-refractivity contribution in [1.82, 2.24) is 15.1 Å². The van der Waals surface area contributed by atoms with Crippen LogP contribution in [0, 0.1) is 17.2 Å². The van der Waals surface area contributed by atoms with Crippen LogP contribution in [0.15, 0.2) is 0 Å². The summed E-state index contributed by atoms with van der Waals surface area (Å²) in [5, 5.41) is 20.3. The normalized spacial score (nSPS) is 18.1. The molecule has 0 saturated carbocycles. The number of carboxylic acids is 1. The fourth-order valence-corrected chi connectivity index (χ4v) is 2.14. The largest absolute Gasteiger partial charge is 0.480 e. The third-order valence-electron chi connectivity index (χ3n) is 3.06. The van der Waals surface area contributed by atoms with Gasteiger partial charge in [-0.3, -0.25) is 9.69 Å². The number of carbonyl (C=O) groups is 3. The van der Waals surface area contributed by atoms with Gasteiger partial charge in [-0.2, -0.15) is 5.26 Å². The second-order valence-corrected chi connectivity index (χ2v) is 5.32. The zero-order valence-electron chi connectivity index (χ0n) is 12.2. The molecule has 1 aliphatic rings. The SMILES string of the molecule is CC(C)CN(CCC#N)C(=O)N1CC(=O)NCC1C(=O)O. The molecular weight excluding hydrogens is 276 g/mol. The van der Waals surface area contributed by atoms with Crippen LogP contribution in [0.1, 0.15) is 20.3 Å². The molecule has 2 N–H and O–H groups in total. The minimum Gasteiger partial charge on any atom is -0.480 e. The highest BCUT2D eigenvalue weighted by Crippen LogP contribution is 2.11. The number of carboxylic acid groups (broad SMARTS) is 1. The first-order valence-electron chi connectivity index (χ1n) is 6.78. The number of piperazine rings is 1. The zero-order chi connectivity index (χ0) is 16.0. The Kier molecular flexibility index (Phi) is 5.96. The van der Waals surface area contributed by atoms with E-state index in [0.29, 0.717) is 6.54 Å². The first-order valence-corrected chi connectivity index (χ1v) is 6.78. The molecule has 0 aliphatic carbocycles. The third-order valence-corrected chi connectivity index (χ3v) is 3.06. The number of carbonyl (C=O) groups excluding carboxylic acids is 2. The fraction of sp³-hybridized carbons (Fsp3) is 0.692. The van der Waals surface area contributed by atoms with Gasteiger partial charge in [0.1, 0.15) is 12.6 Å². The molecule has 116 valence electrons. The van der Waals surface area contributed by atoms with E-state index in [1.54, 1.807) is 0 Å². The molecule has 0 spiro atoms. The standard InChI is InChI=1S/C13H20N4O4/c1-9(2)7-16(5-3-4-14)13(21)17-8-11(18)15-6-10(17)12(19)20/h9-10H,3,5-8H2,1-2H3,(H,15,18)(H,19,20). The summed E-state index contributed by atoms with van der Waals surface area (Å²) in [6.07, 6.45) is 0.163. The summed E-state index contributed by atoms with van der Waals surface area (Å²) >= 11 is 0. The highest BCUT2D eigenvalue weighted by atomic mass is 16.4. The van der Waals surface area contributed by atoms with Gasteiger partial charge in [0.15, 0.2) is 0 Å². The Hall–Kier alpha value is -2.30. The topological polar surface area (TPSA) is 114 Å². The van der Waals surface area contributed by atoms with Gasteiger partial charge in [0.2, 0.25) is 5.91 Å².